The number of nitrogens with one attached hydrogen (secondary N) is 1. The molecular weight excluding hydrogens is 585 g/mol. The first-order valence-corrected chi connectivity index (χ1v) is 17.7. The number of sulfonamides is 1. The number of carbonyl (C=O) groups excluding carboxylic acids is 2. The van der Waals surface area contributed by atoms with Crippen molar-refractivity contribution in [2.24, 2.45) is 5.92 Å². The Morgan fingerprint density at radius 3 is 2.35 bits per heavy atom. The fourth-order valence-corrected chi connectivity index (χ4v) is 7.33. The number of carbonyl (C=O) groups is 2. The highest BCUT2D eigenvalue weighted by Crippen LogP contribution is 2.22. The van der Waals surface area contributed by atoms with Crippen LogP contribution < -0.4 is 11.1 Å². The second-order valence-corrected chi connectivity index (χ2v) is 15.3. The van der Waals surface area contributed by atoms with Crippen LogP contribution in [0.2, 0.25) is 0 Å². The molecule has 0 saturated heterocycles. The van der Waals surface area contributed by atoms with Crippen LogP contribution in [0.5, 0.6) is 0 Å². The smallest absolute Gasteiger partial charge is 0.253 e. The molecule has 0 radical (unpaired) electrons. The lowest BCUT2D eigenvalue weighted by molar-refractivity contribution is 0.0783. The average molecular weight is 629 g/mol. The SMILES string of the molecule is C=[P+](C)CC(CCN(CC(C)C)S(=O)(=O)c1ccc(N)cc1)NC(=O)c1cccc(C(=O)N(C)Cc2nc(C)oc2C)c1. The van der Waals surface area contributed by atoms with Crippen LogP contribution in [-0.2, 0) is 16.6 Å². The minimum Gasteiger partial charge on any atom is -0.446 e. The monoisotopic (exact) mass is 628 g/mol. The summed E-state index contributed by atoms with van der Waals surface area (Å²) < 4.78 is 33.9. The van der Waals surface area contributed by atoms with E-state index < -0.39 is 17.6 Å². The molecule has 0 spiro atoms. The van der Waals surface area contributed by atoms with Crippen molar-refractivity contribution in [1.29, 1.82) is 0 Å². The van der Waals surface area contributed by atoms with Gasteiger partial charge in [0.05, 0.1) is 38.0 Å². The van der Waals surface area contributed by atoms with E-state index in [-0.39, 0.29) is 41.8 Å². The van der Waals surface area contributed by atoms with Crippen LogP contribution in [0, 0.1) is 19.8 Å². The Kier molecular flexibility index (Phi) is 11.7. The lowest BCUT2D eigenvalue weighted by Gasteiger charge is -2.26. The third kappa shape index (κ3) is 9.48. The molecule has 10 nitrogen and oxygen atoms in total. The highest BCUT2D eigenvalue weighted by atomic mass is 32.2. The van der Waals surface area contributed by atoms with E-state index in [1.807, 2.05) is 20.5 Å². The van der Waals surface area contributed by atoms with Crippen molar-refractivity contribution in [2.75, 3.05) is 38.7 Å². The van der Waals surface area contributed by atoms with Crippen LogP contribution in [0.3, 0.4) is 0 Å². The zero-order valence-corrected chi connectivity index (χ0v) is 27.5. The standard InChI is InChI=1S/C31H42N5O5PS/c1-21(2)18-36(43(39,40)28-13-11-26(32)12-14-28)16-15-27(20-42(6)7)34-30(37)24-9-8-10-25(17-24)31(38)35(5)19-29-22(3)41-23(4)33-29/h8-14,17,21,27H,6,15-16,18-20,32H2,1-5,7H3/p+1. The number of nitrogen functional groups attached to an aromatic ring is 1. The Morgan fingerprint density at radius 1 is 1.12 bits per heavy atom. The lowest BCUT2D eigenvalue weighted by Crippen LogP contribution is -2.42. The van der Waals surface area contributed by atoms with E-state index in [2.05, 4.69) is 16.6 Å². The summed E-state index contributed by atoms with van der Waals surface area (Å²) in [5.74, 6) is 0.709. The number of oxazole rings is 1. The van der Waals surface area contributed by atoms with E-state index in [0.29, 0.717) is 53.3 Å². The van der Waals surface area contributed by atoms with E-state index in [0.717, 1.165) is 0 Å². The van der Waals surface area contributed by atoms with Gasteiger partial charge in [0.25, 0.3) is 11.8 Å². The minimum absolute atomic E-state index is 0.100. The van der Waals surface area contributed by atoms with Crippen molar-refractivity contribution in [1.82, 2.24) is 19.5 Å². The molecule has 0 bridgehead atoms. The van der Waals surface area contributed by atoms with Gasteiger partial charge in [-0.15, -0.1) is 0 Å². The number of amides is 2. The molecular formula is C31H43N5O5PS+. The maximum absolute atomic E-state index is 13.5. The Morgan fingerprint density at radius 2 is 1.77 bits per heavy atom. The summed E-state index contributed by atoms with van der Waals surface area (Å²) in [6.07, 6.45) is 5.18. The first-order chi connectivity index (χ1) is 20.2. The van der Waals surface area contributed by atoms with E-state index >= 15 is 0 Å². The van der Waals surface area contributed by atoms with Gasteiger partial charge in [-0.25, -0.2) is 13.4 Å². The summed E-state index contributed by atoms with van der Waals surface area (Å²) in [6.45, 7) is 10.3. The molecule has 0 fully saturated rings. The molecule has 3 aromatic rings. The molecule has 0 aliphatic carbocycles. The number of benzene rings is 2. The van der Waals surface area contributed by atoms with Crippen LogP contribution in [0.4, 0.5) is 5.69 Å². The largest absolute Gasteiger partial charge is 0.446 e. The quantitative estimate of drug-likeness (QED) is 0.198. The van der Waals surface area contributed by atoms with Gasteiger partial charge in [-0.1, -0.05) is 19.9 Å². The lowest BCUT2D eigenvalue weighted by atomic mass is 10.1. The average Bonchev–Trinajstić information content (AvgIpc) is 3.25. The molecule has 232 valence electrons. The van der Waals surface area contributed by atoms with Gasteiger partial charge in [0.15, 0.2) is 5.89 Å². The van der Waals surface area contributed by atoms with Gasteiger partial charge in [0, 0.05) is 43.9 Å². The van der Waals surface area contributed by atoms with Gasteiger partial charge in [-0.3, -0.25) is 9.59 Å². The molecule has 12 heteroatoms. The van der Waals surface area contributed by atoms with E-state index in [9.17, 15) is 18.0 Å². The second kappa shape index (κ2) is 14.8. The van der Waals surface area contributed by atoms with Crippen LogP contribution in [0.25, 0.3) is 0 Å². The van der Waals surface area contributed by atoms with E-state index in [1.165, 1.54) is 21.3 Å². The first-order valence-electron chi connectivity index (χ1n) is 14.1. The molecule has 3 N–H and O–H groups in total. The molecule has 0 aliphatic heterocycles. The van der Waals surface area contributed by atoms with Crippen LogP contribution >= 0.6 is 7.55 Å². The normalized spacial score (nSPS) is 12.8. The van der Waals surface area contributed by atoms with Crippen LogP contribution in [-0.4, -0.2) is 79.7 Å². The summed E-state index contributed by atoms with van der Waals surface area (Å²) in [4.78, 5) is 32.6. The maximum atomic E-state index is 13.5. The fraction of sp³-hybridized carbons (Fsp3) is 0.419. The van der Waals surface area contributed by atoms with Crippen LogP contribution in [0.15, 0.2) is 57.8 Å². The third-order valence-corrected chi connectivity index (χ3v) is 9.73. The Bertz CT molecular complexity index is 1550. The number of hydrogen-bond acceptors (Lipinski definition) is 7. The van der Waals surface area contributed by atoms with Gasteiger partial charge in [-0.2, -0.15) is 4.31 Å². The molecule has 1 heterocycles. The molecule has 2 aromatic carbocycles. The number of hydrogen-bond donors (Lipinski definition) is 2. The van der Waals surface area contributed by atoms with E-state index in [1.54, 1.807) is 57.3 Å². The maximum Gasteiger partial charge on any atom is 0.253 e. The van der Waals surface area contributed by atoms with Crippen molar-refractivity contribution in [3.63, 3.8) is 0 Å². The van der Waals surface area contributed by atoms with Gasteiger partial charge < -0.3 is 20.4 Å². The highest BCUT2D eigenvalue weighted by Gasteiger charge is 2.28. The minimum atomic E-state index is -3.76. The van der Waals surface area contributed by atoms with Crippen molar-refractivity contribution in [3.05, 3.63) is 77.0 Å². The van der Waals surface area contributed by atoms with Gasteiger partial charge in [-0.05, 0) is 61.7 Å². The third-order valence-electron chi connectivity index (χ3n) is 6.79. The Hall–Kier alpha value is -3.53. The number of aromatic nitrogens is 1. The number of anilines is 1. The number of rotatable bonds is 14. The Balaban J connectivity index is 1.74. The summed E-state index contributed by atoms with van der Waals surface area (Å²) in [5, 5.41) is 3.07. The number of aryl methyl sites for hydroxylation is 2. The topological polar surface area (TPSA) is 139 Å². The number of nitrogens with two attached hydrogens (primary N) is 1. The van der Waals surface area contributed by atoms with Gasteiger partial charge >= 0.3 is 0 Å². The zero-order chi connectivity index (χ0) is 31.9. The van der Waals surface area contributed by atoms with Crippen molar-refractivity contribution in [3.8, 4) is 0 Å². The molecule has 0 aliphatic rings. The van der Waals surface area contributed by atoms with E-state index in [4.69, 9.17) is 10.2 Å². The van der Waals surface area contributed by atoms with Gasteiger partial charge in [0.1, 0.15) is 17.6 Å². The second-order valence-electron chi connectivity index (χ2n) is 11.3. The molecule has 0 saturated carbocycles. The highest BCUT2D eigenvalue weighted by molar-refractivity contribution is 7.89. The molecule has 43 heavy (non-hydrogen) atoms. The van der Waals surface area contributed by atoms with Crippen molar-refractivity contribution >= 4 is 41.4 Å². The summed E-state index contributed by atoms with van der Waals surface area (Å²) >= 11 is 0. The predicted molar refractivity (Wildman–Crippen MR) is 173 cm³/mol. The van der Waals surface area contributed by atoms with Crippen LogP contribution in [0.1, 0.15) is 58.3 Å². The molecule has 1 aromatic heterocycles. The molecule has 3 rings (SSSR count). The predicted octanol–water partition coefficient (Wildman–Crippen LogP) is 4.52. The molecule has 2 atom stereocenters. The Labute approximate surface area is 256 Å². The molecule has 2 amide bonds. The van der Waals surface area contributed by atoms with Crippen molar-refractivity contribution in [2.45, 2.75) is 51.6 Å². The van der Waals surface area contributed by atoms with Crippen molar-refractivity contribution < 1.29 is 22.4 Å². The summed E-state index contributed by atoms with van der Waals surface area (Å²) in [5.41, 5.74) is 7.65. The molecule has 2 unspecified atom stereocenters. The first kappa shape index (κ1) is 34.0. The summed E-state index contributed by atoms with van der Waals surface area (Å²) in [6, 6.07) is 12.4. The van der Waals surface area contributed by atoms with Gasteiger partial charge in [0.2, 0.25) is 10.0 Å². The zero-order valence-electron chi connectivity index (χ0n) is 25.8. The fourth-order valence-electron chi connectivity index (χ4n) is 4.69. The summed E-state index contributed by atoms with van der Waals surface area (Å²) in [7, 11) is -2.72. The number of nitrogens with zero attached hydrogens (tertiary/aromatic N) is 3.